The van der Waals surface area contributed by atoms with Crippen molar-refractivity contribution >= 4 is 38.9 Å². The van der Waals surface area contributed by atoms with Crippen LogP contribution in [0, 0.1) is 0 Å². The van der Waals surface area contributed by atoms with Crippen molar-refractivity contribution in [1.29, 1.82) is 0 Å². The minimum Gasteiger partial charge on any atom is -0.350 e. The van der Waals surface area contributed by atoms with Crippen LogP contribution in [-0.2, 0) is 6.54 Å². The predicted molar refractivity (Wildman–Crippen MR) is 92.9 cm³/mol. The molecular formula is C16H16N4OS2. The molecule has 3 heterocycles. The summed E-state index contributed by atoms with van der Waals surface area (Å²) in [6.07, 6.45) is 1.11. The van der Waals surface area contributed by atoms with Crippen LogP contribution in [-0.4, -0.2) is 39.5 Å². The predicted octanol–water partition coefficient (Wildman–Crippen LogP) is 2.76. The molecule has 0 aliphatic carbocycles. The molecular weight excluding hydrogens is 328 g/mol. The van der Waals surface area contributed by atoms with E-state index in [-0.39, 0.29) is 5.91 Å². The molecule has 1 saturated heterocycles. The Bertz CT molecular complexity index is 814. The zero-order valence-electron chi connectivity index (χ0n) is 12.4. The summed E-state index contributed by atoms with van der Waals surface area (Å²) in [5.41, 5.74) is 1.79. The van der Waals surface area contributed by atoms with Gasteiger partial charge in [-0.1, -0.05) is 22.7 Å². The SMILES string of the molecule is O=C(NCC1CCN1Cc1csnn1)c1csc2ccccc12. The average molecular weight is 344 g/mol. The molecule has 0 bridgehead atoms. The summed E-state index contributed by atoms with van der Waals surface area (Å²) >= 11 is 2.99. The summed E-state index contributed by atoms with van der Waals surface area (Å²) in [7, 11) is 0. The van der Waals surface area contributed by atoms with E-state index in [0.29, 0.717) is 12.6 Å². The van der Waals surface area contributed by atoms with E-state index in [1.165, 1.54) is 11.5 Å². The van der Waals surface area contributed by atoms with E-state index < -0.39 is 0 Å². The number of thiophene rings is 1. The number of aromatic nitrogens is 2. The number of nitrogens with one attached hydrogen (secondary N) is 1. The first kappa shape index (κ1) is 14.7. The summed E-state index contributed by atoms with van der Waals surface area (Å²) in [4.78, 5) is 14.8. The summed E-state index contributed by atoms with van der Waals surface area (Å²) in [5.74, 6) is 0.0182. The second-order valence-corrected chi connectivity index (χ2v) is 7.19. The van der Waals surface area contributed by atoms with Crippen molar-refractivity contribution in [2.75, 3.05) is 13.1 Å². The zero-order chi connectivity index (χ0) is 15.6. The Labute approximate surface area is 142 Å². The molecule has 1 atom stereocenters. The maximum atomic E-state index is 12.4. The van der Waals surface area contributed by atoms with Gasteiger partial charge in [0, 0.05) is 46.5 Å². The van der Waals surface area contributed by atoms with Gasteiger partial charge in [-0.3, -0.25) is 9.69 Å². The molecule has 0 spiro atoms. The van der Waals surface area contributed by atoms with Crippen LogP contribution in [0.15, 0.2) is 35.0 Å². The van der Waals surface area contributed by atoms with E-state index in [9.17, 15) is 4.79 Å². The lowest BCUT2D eigenvalue weighted by Gasteiger charge is -2.40. The molecule has 1 amide bonds. The summed E-state index contributed by atoms with van der Waals surface area (Å²) in [6.45, 7) is 2.55. The van der Waals surface area contributed by atoms with Crippen molar-refractivity contribution in [3.8, 4) is 0 Å². The third-order valence-corrected chi connectivity index (χ3v) is 5.78. The molecule has 1 aliphatic heterocycles. The molecule has 0 radical (unpaired) electrons. The lowest BCUT2D eigenvalue weighted by Crippen LogP contribution is -2.52. The normalized spacial score (nSPS) is 18.0. The minimum atomic E-state index is 0.0182. The summed E-state index contributed by atoms with van der Waals surface area (Å²) in [5, 5.41) is 12.1. The first-order valence-electron chi connectivity index (χ1n) is 7.55. The second-order valence-electron chi connectivity index (χ2n) is 5.66. The van der Waals surface area contributed by atoms with Gasteiger partial charge in [0.15, 0.2) is 0 Å². The number of hydrogen-bond donors (Lipinski definition) is 1. The third kappa shape index (κ3) is 2.99. The summed E-state index contributed by atoms with van der Waals surface area (Å²) < 4.78 is 5.04. The fourth-order valence-electron chi connectivity index (χ4n) is 2.85. The smallest absolute Gasteiger partial charge is 0.252 e. The monoisotopic (exact) mass is 344 g/mol. The topological polar surface area (TPSA) is 58.1 Å². The largest absolute Gasteiger partial charge is 0.350 e. The fourth-order valence-corrected chi connectivity index (χ4v) is 4.24. The van der Waals surface area contributed by atoms with Crippen molar-refractivity contribution < 1.29 is 4.79 Å². The number of rotatable bonds is 5. The Hall–Kier alpha value is -1.83. The number of likely N-dealkylation sites (tertiary alicyclic amines) is 1. The van der Waals surface area contributed by atoms with Gasteiger partial charge in [0.05, 0.1) is 11.3 Å². The van der Waals surface area contributed by atoms with Crippen LogP contribution in [0.1, 0.15) is 22.5 Å². The molecule has 4 rings (SSSR count). The van der Waals surface area contributed by atoms with E-state index in [1.807, 2.05) is 35.0 Å². The van der Waals surface area contributed by atoms with Crippen LogP contribution in [0.3, 0.4) is 0 Å². The molecule has 1 fully saturated rings. The quantitative estimate of drug-likeness (QED) is 0.773. The molecule has 1 aromatic carbocycles. The number of nitrogens with zero attached hydrogens (tertiary/aromatic N) is 3. The van der Waals surface area contributed by atoms with Crippen LogP contribution in [0.4, 0.5) is 0 Å². The highest BCUT2D eigenvalue weighted by atomic mass is 32.1. The number of carbonyl (C=O) groups excluding carboxylic acids is 1. The van der Waals surface area contributed by atoms with Crippen LogP contribution in [0.5, 0.6) is 0 Å². The first-order valence-corrected chi connectivity index (χ1v) is 9.27. The first-order chi connectivity index (χ1) is 11.3. The van der Waals surface area contributed by atoms with Crippen LogP contribution < -0.4 is 5.32 Å². The van der Waals surface area contributed by atoms with E-state index >= 15 is 0 Å². The molecule has 23 heavy (non-hydrogen) atoms. The highest BCUT2D eigenvalue weighted by Gasteiger charge is 2.28. The minimum absolute atomic E-state index is 0.0182. The van der Waals surface area contributed by atoms with Crippen LogP contribution in [0.2, 0.25) is 0 Å². The van der Waals surface area contributed by atoms with Crippen LogP contribution >= 0.6 is 22.9 Å². The lowest BCUT2D eigenvalue weighted by atomic mass is 10.0. The molecule has 5 nitrogen and oxygen atoms in total. The second kappa shape index (κ2) is 6.35. The van der Waals surface area contributed by atoms with Gasteiger partial charge in [0.25, 0.3) is 5.91 Å². The Morgan fingerprint density at radius 3 is 3.04 bits per heavy atom. The van der Waals surface area contributed by atoms with Crippen molar-refractivity contribution in [1.82, 2.24) is 19.8 Å². The molecule has 7 heteroatoms. The average Bonchev–Trinajstić information content (AvgIpc) is 3.21. The Morgan fingerprint density at radius 1 is 1.35 bits per heavy atom. The van der Waals surface area contributed by atoms with Gasteiger partial charge < -0.3 is 5.32 Å². The van der Waals surface area contributed by atoms with E-state index in [0.717, 1.165) is 40.9 Å². The van der Waals surface area contributed by atoms with Gasteiger partial charge in [-0.15, -0.1) is 16.4 Å². The molecule has 118 valence electrons. The molecule has 0 saturated carbocycles. The Morgan fingerprint density at radius 2 is 2.26 bits per heavy atom. The summed E-state index contributed by atoms with van der Waals surface area (Å²) in [6, 6.07) is 8.42. The van der Waals surface area contributed by atoms with E-state index in [4.69, 9.17) is 0 Å². The van der Waals surface area contributed by atoms with Crippen molar-refractivity contribution in [3.63, 3.8) is 0 Å². The van der Waals surface area contributed by atoms with Gasteiger partial charge in [-0.05, 0) is 24.0 Å². The Kier molecular flexibility index (Phi) is 4.07. The van der Waals surface area contributed by atoms with Gasteiger partial charge in [-0.25, -0.2) is 0 Å². The number of hydrogen-bond acceptors (Lipinski definition) is 6. The van der Waals surface area contributed by atoms with Crippen molar-refractivity contribution in [3.05, 3.63) is 46.3 Å². The van der Waals surface area contributed by atoms with Crippen LogP contribution in [0.25, 0.3) is 10.1 Å². The van der Waals surface area contributed by atoms with Gasteiger partial charge in [0.1, 0.15) is 0 Å². The van der Waals surface area contributed by atoms with Gasteiger partial charge >= 0.3 is 0 Å². The maximum absolute atomic E-state index is 12.4. The van der Waals surface area contributed by atoms with Gasteiger partial charge in [0.2, 0.25) is 0 Å². The Balaban J connectivity index is 1.36. The number of benzene rings is 1. The fraction of sp³-hybridized carbons (Fsp3) is 0.312. The van der Waals surface area contributed by atoms with Gasteiger partial charge in [-0.2, -0.15) is 0 Å². The number of carbonyl (C=O) groups is 1. The highest BCUT2D eigenvalue weighted by Crippen LogP contribution is 2.26. The molecule has 3 aromatic rings. The molecule has 2 aromatic heterocycles. The zero-order valence-corrected chi connectivity index (χ0v) is 14.1. The number of fused-ring (bicyclic) bond motifs is 1. The molecule has 1 unspecified atom stereocenters. The number of amides is 1. The molecule has 1 aliphatic rings. The van der Waals surface area contributed by atoms with E-state index in [2.05, 4.69) is 19.8 Å². The standard InChI is InChI=1S/C16H16N4OS2/c21-16(14-10-22-15-4-2-1-3-13(14)15)17-7-12-5-6-20(12)8-11-9-23-19-18-11/h1-4,9-10,12H,5-8H2,(H,17,21). The highest BCUT2D eigenvalue weighted by molar-refractivity contribution is 7.17. The maximum Gasteiger partial charge on any atom is 0.252 e. The third-order valence-electron chi connectivity index (χ3n) is 4.26. The molecule has 1 N–H and O–H groups in total. The lowest BCUT2D eigenvalue weighted by molar-refractivity contribution is 0.0724. The van der Waals surface area contributed by atoms with Crippen molar-refractivity contribution in [2.45, 2.75) is 19.0 Å². The van der Waals surface area contributed by atoms with E-state index in [1.54, 1.807) is 11.3 Å². The van der Waals surface area contributed by atoms with Crippen molar-refractivity contribution in [2.24, 2.45) is 0 Å².